The van der Waals surface area contributed by atoms with E-state index in [1.807, 2.05) is 0 Å². The van der Waals surface area contributed by atoms with Crippen molar-refractivity contribution in [1.82, 2.24) is 0 Å². The Morgan fingerprint density at radius 2 is 1.96 bits per heavy atom. The summed E-state index contributed by atoms with van der Waals surface area (Å²) in [5.74, 6) is -1.37. The zero-order chi connectivity index (χ0) is 17.1. The Morgan fingerprint density at radius 3 is 2.57 bits per heavy atom. The maximum atomic E-state index is 13.5. The zero-order valence-electron chi connectivity index (χ0n) is 11.6. The van der Waals surface area contributed by atoms with Crippen LogP contribution in [-0.4, -0.2) is 17.9 Å². The average molecular weight is 359 g/mol. The van der Waals surface area contributed by atoms with Gasteiger partial charge in [-0.25, -0.2) is 4.39 Å². The van der Waals surface area contributed by atoms with Crippen LogP contribution in [-0.2, 0) is 0 Å². The van der Waals surface area contributed by atoms with E-state index in [1.165, 1.54) is 19.2 Å². The molecule has 0 fully saturated rings. The number of carbonyl (C=O) groups is 1. The van der Waals surface area contributed by atoms with Gasteiger partial charge in [0.25, 0.3) is 11.6 Å². The van der Waals surface area contributed by atoms with E-state index in [-0.39, 0.29) is 32.7 Å². The average Bonchev–Trinajstić information content (AvgIpc) is 2.50. The first-order chi connectivity index (χ1) is 10.8. The summed E-state index contributed by atoms with van der Waals surface area (Å²) in [4.78, 5) is 22.4. The maximum Gasteiger partial charge on any atom is 0.271 e. The molecule has 1 amide bonds. The summed E-state index contributed by atoms with van der Waals surface area (Å²) >= 11 is 11.4. The number of nitro groups is 1. The van der Waals surface area contributed by atoms with Crippen LogP contribution in [0.15, 0.2) is 30.3 Å². The molecule has 120 valence electrons. The molecule has 6 nitrogen and oxygen atoms in total. The first kappa shape index (κ1) is 17.0. The van der Waals surface area contributed by atoms with E-state index in [0.717, 1.165) is 18.2 Å². The molecule has 0 unspecified atom stereocenters. The minimum Gasteiger partial charge on any atom is -0.495 e. The summed E-state index contributed by atoms with van der Waals surface area (Å²) in [7, 11) is 1.34. The van der Waals surface area contributed by atoms with Crippen LogP contribution in [0, 0.1) is 15.9 Å². The van der Waals surface area contributed by atoms with Crippen LogP contribution in [0.25, 0.3) is 0 Å². The van der Waals surface area contributed by atoms with E-state index in [1.54, 1.807) is 0 Å². The van der Waals surface area contributed by atoms with Gasteiger partial charge in [0.15, 0.2) is 0 Å². The van der Waals surface area contributed by atoms with Crippen LogP contribution >= 0.6 is 23.2 Å². The summed E-state index contributed by atoms with van der Waals surface area (Å²) in [5.41, 5.74) is -0.352. The number of non-ortho nitro benzene ring substituents is 1. The number of hydrogen-bond acceptors (Lipinski definition) is 4. The molecule has 2 rings (SSSR count). The first-order valence-corrected chi connectivity index (χ1v) is 6.87. The number of carbonyl (C=O) groups excluding carboxylic acids is 1. The Kier molecular flexibility index (Phi) is 5.02. The van der Waals surface area contributed by atoms with Crippen molar-refractivity contribution in [2.75, 3.05) is 12.4 Å². The number of methoxy groups -OCH3 is 1. The lowest BCUT2D eigenvalue weighted by atomic mass is 10.2. The monoisotopic (exact) mass is 358 g/mol. The molecular weight excluding hydrogens is 350 g/mol. The van der Waals surface area contributed by atoms with Crippen LogP contribution in [0.2, 0.25) is 10.0 Å². The van der Waals surface area contributed by atoms with Crippen molar-refractivity contribution >= 4 is 40.5 Å². The van der Waals surface area contributed by atoms with Gasteiger partial charge in [0, 0.05) is 12.1 Å². The highest BCUT2D eigenvalue weighted by Crippen LogP contribution is 2.30. The van der Waals surface area contributed by atoms with Crippen LogP contribution in [0.5, 0.6) is 5.75 Å². The number of anilines is 1. The lowest BCUT2D eigenvalue weighted by Crippen LogP contribution is -2.14. The normalized spacial score (nSPS) is 10.3. The molecule has 0 atom stereocenters. The number of amides is 1. The van der Waals surface area contributed by atoms with Crippen molar-refractivity contribution in [1.29, 1.82) is 0 Å². The van der Waals surface area contributed by atoms with Crippen molar-refractivity contribution in [3.8, 4) is 5.75 Å². The van der Waals surface area contributed by atoms with Gasteiger partial charge in [0.1, 0.15) is 11.6 Å². The lowest BCUT2D eigenvalue weighted by molar-refractivity contribution is -0.384. The fraction of sp³-hybridized carbons (Fsp3) is 0.0714. The highest BCUT2D eigenvalue weighted by molar-refractivity contribution is 6.37. The molecule has 0 saturated carbocycles. The first-order valence-electron chi connectivity index (χ1n) is 6.11. The highest BCUT2D eigenvalue weighted by Gasteiger charge is 2.18. The quantitative estimate of drug-likeness (QED) is 0.501. The van der Waals surface area contributed by atoms with Gasteiger partial charge in [0.05, 0.1) is 33.3 Å². The molecule has 1 N–H and O–H groups in total. The zero-order valence-corrected chi connectivity index (χ0v) is 13.1. The molecule has 0 spiro atoms. The SMILES string of the molecule is COc1ccc([N+](=O)[O-])cc1NC(=O)c1cc(F)c(Cl)cc1Cl. The van der Waals surface area contributed by atoms with Gasteiger partial charge < -0.3 is 10.1 Å². The second-order valence-corrected chi connectivity index (χ2v) is 5.16. The Morgan fingerprint density at radius 1 is 1.26 bits per heavy atom. The van der Waals surface area contributed by atoms with Crippen molar-refractivity contribution < 1.29 is 18.8 Å². The topological polar surface area (TPSA) is 81.5 Å². The van der Waals surface area contributed by atoms with Crippen molar-refractivity contribution in [3.63, 3.8) is 0 Å². The summed E-state index contributed by atoms with van der Waals surface area (Å²) in [5, 5.41) is 12.9. The number of nitro benzene ring substituents is 1. The number of hydrogen-bond donors (Lipinski definition) is 1. The Balaban J connectivity index is 2.38. The molecule has 0 aliphatic carbocycles. The molecule has 9 heteroatoms. The van der Waals surface area contributed by atoms with E-state index in [4.69, 9.17) is 27.9 Å². The van der Waals surface area contributed by atoms with Gasteiger partial charge in [-0.2, -0.15) is 0 Å². The summed E-state index contributed by atoms with van der Waals surface area (Å²) in [6.45, 7) is 0. The smallest absolute Gasteiger partial charge is 0.271 e. The minimum absolute atomic E-state index is 0.0538. The number of nitrogens with zero attached hydrogens (tertiary/aromatic N) is 1. The Bertz CT molecular complexity index is 799. The fourth-order valence-corrected chi connectivity index (χ4v) is 2.26. The van der Waals surface area contributed by atoms with Crippen LogP contribution in [0.4, 0.5) is 15.8 Å². The van der Waals surface area contributed by atoms with Crippen molar-refractivity contribution in [3.05, 3.63) is 61.9 Å². The Hall–Kier alpha value is -2.38. The molecule has 0 heterocycles. The summed E-state index contributed by atoms with van der Waals surface area (Å²) < 4.78 is 18.5. The van der Waals surface area contributed by atoms with Crippen molar-refractivity contribution in [2.24, 2.45) is 0 Å². The molecule has 0 saturated heterocycles. The molecule has 0 aliphatic rings. The molecule has 0 bridgehead atoms. The van der Waals surface area contributed by atoms with Gasteiger partial charge >= 0.3 is 0 Å². The van der Waals surface area contributed by atoms with Gasteiger partial charge in [0.2, 0.25) is 0 Å². The number of ether oxygens (including phenoxy) is 1. The molecule has 23 heavy (non-hydrogen) atoms. The third kappa shape index (κ3) is 3.69. The van der Waals surface area contributed by atoms with Gasteiger partial charge in [-0.3, -0.25) is 14.9 Å². The molecule has 0 aliphatic heterocycles. The van der Waals surface area contributed by atoms with Gasteiger partial charge in [-0.1, -0.05) is 23.2 Å². The second-order valence-electron chi connectivity index (χ2n) is 4.34. The summed E-state index contributed by atoms with van der Waals surface area (Å²) in [6, 6.07) is 5.65. The largest absolute Gasteiger partial charge is 0.495 e. The predicted molar refractivity (Wildman–Crippen MR) is 84.0 cm³/mol. The number of benzene rings is 2. The molecule has 0 radical (unpaired) electrons. The second kappa shape index (κ2) is 6.80. The fourth-order valence-electron chi connectivity index (χ4n) is 1.79. The van der Waals surface area contributed by atoms with Crippen LogP contribution in [0.1, 0.15) is 10.4 Å². The number of halogens is 3. The predicted octanol–water partition coefficient (Wildman–Crippen LogP) is 4.30. The van der Waals surface area contributed by atoms with E-state index in [9.17, 15) is 19.3 Å². The summed E-state index contributed by atoms with van der Waals surface area (Å²) in [6.07, 6.45) is 0. The van der Waals surface area contributed by atoms with Crippen LogP contribution < -0.4 is 10.1 Å². The molecule has 2 aromatic carbocycles. The third-order valence-electron chi connectivity index (χ3n) is 2.90. The van der Waals surface area contributed by atoms with E-state index in [2.05, 4.69) is 5.32 Å². The highest BCUT2D eigenvalue weighted by atomic mass is 35.5. The standard InChI is InChI=1S/C14H9Cl2FN2O4/c1-23-13-3-2-7(19(21)22)4-12(13)18-14(20)8-5-11(17)10(16)6-9(8)15/h2-6H,1H3,(H,18,20). The molecule has 2 aromatic rings. The van der Waals surface area contributed by atoms with Crippen molar-refractivity contribution in [2.45, 2.75) is 0 Å². The third-order valence-corrected chi connectivity index (χ3v) is 3.50. The maximum absolute atomic E-state index is 13.5. The Labute approximate surface area is 139 Å². The number of nitrogens with one attached hydrogen (secondary N) is 1. The van der Waals surface area contributed by atoms with E-state index < -0.39 is 16.6 Å². The van der Waals surface area contributed by atoms with E-state index >= 15 is 0 Å². The minimum atomic E-state index is -0.813. The molecular formula is C14H9Cl2FN2O4. The number of rotatable bonds is 4. The van der Waals surface area contributed by atoms with E-state index in [0.29, 0.717) is 0 Å². The van der Waals surface area contributed by atoms with Crippen LogP contribution in [0.3, 0.4) is 0 Å². The van der Waals surface area contributed by atoms with Gasteiger partial charge in [-0.15, -0.1) is 0 Å². The molecule has 0 aromatic heterocycles. The lowest BCUT2D eigenvalue weighted by Gasteiger charge is -2.11. The van der Waals surface area contributed by atoms with Gasteiger partial charge in [-0.05, 0) is 18.2 Å².